The van der Waals surface area contributed by atoms with Crippen molar-refractivity contribution in [1.29, 1.82) is 0 Å². The molecule has 6 nitrogen and oxygen atoms in total. The fourth-order valence-electron chi connectivity index (χ4n) is 2.95. The van der Waals surface area contributed by atoms with Crippen LogP contribution in [-0.4, -0.2) is 25.7 Å². The van der Waals surface area contributed by atoms with E-state index in [4.69, 9.17) is 9.47 Å². The van der Waals surface area contributed by atoms with E-state index in [9.17, 15) is 9.59 Å². The van der Waals surface area contributed by atoms with Crippen LogP contribution in [0.25, 0.3) is 0 Å². The molecule has 0 radical (unpaired) electrons. The van der Waals surface area contributed by atoms with E-state index in [0.29, 0.717) is 22.7 Å². The van der Waals surface area contributed by atoms with Gasteiger partial charge in [0.05, 0.1) is 31.0 Å². The van der Waals surface area contributed by atoms with Crippen LogP contribution < -0.4 is 15.0 Å². The summed E-state index contributed by atoms with van der Waals surface area (Å²) in [6.07, 6.45) is 0. The Bertz CT molecular complexity index is 828. The van der Waals surface area contributed by atoms with Crippen molar-refractivity contribution >= 4 is 29.0 Å². The van der Waals surface area contributed by atoms with E-state index < -0.39 is 12.0 Å². The normalized spacial score (nSPS) is 17.1. The van der Waals surface area contributed by atoms with Crippen LogP contribution in [0.5, 0.6) is 5.75 Å². The minimum atomic E-state index is -0.526. The van der Waals surface area contributed by atoms with Gasteiger partial charge in [0.25, 0.3) is 0 Å². The summed E-state index contributed by atoms with van der Waals surface area (Å²) in [7, 11) is 1.58. The van der Waals surface area contributed by atoms with E-state index in [1.54, 1.807) is 45.2 Å². The van der Waals surface area contributed by atoms with Crippen LogP contribution in [0.4, 0.5) is 10.5 Å². The molecule has 0 aliphatic carbocycles. The Morgan fingerprint density at radius 2 is 2.00 bits per heavy atom. The number of esters is 1. The van der Waals surface area contributed by atoms with Crippen molar-refractivity contribution in [1.82, 2.24) is 5.32 Å². The molecule has 3 rings (SSSR count). The Balaban J connectivity index is 2.07. The fourth-order valence-corrected chi connectivity index (χ4v) is 3.63. The van der Waals surface area contributed by atoms with Gasteiger partial charge in [0.2, 0.25) is 0 Å². The highest BCUT2D eigenvalue weighted by molar-refractivity contribution is 7.08. The molecule has 0 saturated heterocycles. The van der Waals surface area contributed by atoms with Crippen LogP contribution in [0.15, 0.2) is 52.4 Å². The molecule has 2 heterocycles. The molecule has 7 heteroatoms. The lowest BCUT2D eigenvalue weighted by atomic mass is 9.96. The average molecular weight is 372 g/mol. The molecule has 1 N–H and O–H groups in total. The first-order chi connectivity index (χ1) is 12.6. The molecule has 1 atom stereocenters. The fraction of sp³-hybridized carbons (Fsp3) is 0.263. The van der Waals surface area contributed by atoms with Crippen molar-refractivity contribution in [3.05, 3.63) is 57.9 Å². The van der Waals surface area contributed by atoms with Gasteiger partial charge in [-0.15, -0.1) is 0 Å². The maximum absolute atomic E-state index is 12.8. The van der Waals surface area contributed by atoms with Crippen LogP contribution in [0.1, 0.15) is 25.5 Å². The quantitative estimate of drug-likeness (QED) is 0.809. The average Bonchev–Trinajstić information content (AvgIpc) is 3.16. The zero-order chi connectivity index (χ0) is 18.7. The van der Waals surface area contributed by atoms with Gasteiger partial charge in [-0.05, 0) is 60.5 Å². The van der Waals surface area contributed by atoms with Gasteiger partial charge < -0.3 is 14.8 Å². The third-order valence-electron chi connectivity index (χ3n) is 4.19. The molecule has 0 saturated carbocycles. The molecule has 1 aromatic heterocycles. The van der Waals surface area contributed by atoms with Crippen molar-refractivity contribution in [3.63, 3.8) is 0 Å². The number of methoxy groups -OCH3 is 1. The van der Waals surface area contributed by atoms with E-state index in [-0.39, 0.29) is 12.6 Å². The summed E-state index contributed by atoms with van der Waals surface area (Å²) in [4.78, 5) is 26.9. The Kier molecular flexibility index (Phi) is 5.27. The number of amides is 2. The maximum Gasteiger partial charge on any atom is 0.338 e. The van der Waals surface area contributed by atoms with Gasteiger partial charge in [0.15, 0.2) is 0 Å². The van der Waals surface area contributed by atoms with E-state index in [0.717, 1.165) is 5.56 Å². The van der Waals surface area contributed by atoms with Crippen molar-refractivity contribution < 1.29 is 19.1 Å². The first-order valence-electron chi connectivity index (χ1n) is 8.21. The van der Waals surface area contributed by atoms with E-state index >= 15 is 0 Å². The molecular formula is C19H20N2O4S. The van der Waals surface area contributed by atoms with Crippen molar-refractivity contribution in [2.24, 2.45) is 0 Å². The number of benzene rings is 1. The number of carbonyl (C=O) groups excluding carboxylic acids is 2. The topological polar surface area (TPSA) is 67.9 Å². The lowest BCUT2D eigenvalue weighted by molar-refractivity contribution is -0.139. The summed E-state index contributed by atoms with van der Waals surface area (Å²) < 4.78 is 10.4. The number of hydrogen-bond acceptors (Lipinski definition) is 5. The molecule has 136 valence electrons. The van der Waals surface area contributed by atoms with Crippen molar-refractivity contribution in [3.8, 4) is 5.75 Å². The Morgan fingerprint density at radius 3 is 2.58 bits per heavy atom. The monoisotopic (exact) mass is 372 g/mol. The van der Waals surface area contributed by atoms with Gasteiger partial charge in [-0.1, -0.05) is 0 Å². The predicted molar refractivity (Wildman–Crippen MR) is 100 cm³/mol. The van der Waals surface area contributed by atoms with E-state index in [1.807, 2.05) is 16.8 Å². The molecule has 2 aromatic rings. The number of nitrogens with zero attached hydrogens (tertiary/aromatic N) is 1. The number of anilines is 1. The number of thiophene rings is 1. The molecule has 1 aromatic carbocycles. The third-order valence-corrected chi connectivity index (χ3v) is 4.89. The van der Waals surface area contributed by atoms with Crippen LogP contribution in [0.2, 0.25) is 0 Å². The van der Waals surface area contributed by atoms with Crippen LogP contribution in [0.3, 0.4) is 0 Å². The van der Waals surface area contributed by atoms with Gasteiger partial charge in [-0.2, -0.15) is 11.3 Å². The summed E-state index contributed by atoms with van der Waals surface area (Å²) in [5.74, 6) is 0.259. The standard InChI is InChI=1S/C19H20N2O4S/c1-4-25-18(22)16-12(2)21(14-5-7-15(24-3)8-6-14)19(23)20-17(16)13-9-10-26-11-13/h5-11,17H,4H2,1-3H3,(H,20,23). The minimum Gasteiger partial charge on any atom is -0.497 e. The van der Waals surface area contributed by atoms with Crippen LogP contribution in [0, 0.1) is 0 Å². The second-order valence-electron chi connectivity index (χ2n) is 5.69. The number of allylic oxidation sites excluding steroid dienone is 1. The summed E-state index contributed by atoms with van der Waals surface area (Å²) in [6.45, 7) is 3.78. The van der Waals surface area contributed by atoms with Gasteiger partial charge in [0, 0.05) is 5.70 Å². The smallest absolute Gasteiger partial charge is 0.338 e. The molecule has 0 bridgehead atoms. The number of ether oxygens (including phenoxy) is 2. The summed E-state index contributed by atoms with van der Waals surface area (Å²) >= 11 is 1.51. The van der Waals surface area contributed by atoms with Gasteiger partial charge in [-0.3, -0.25) is 4.90 Å². The minimum absolute atomic E-state index is 0.266. The Hall–Kier alpha value is -2.80. The number of rotatable bonds is 5. The molecule has 0 fully saturated rings. The molecule has 1 unspecified atom stereocenters. The van der Waals surface area contributed by atoms with Gasteiger partial charge >= 0.3 is 12.0 Å². The lowest BCUT2D eigenvalue weighted by Gasteiger charge is -2.35. The maximum atomic E-state index is 12.8. The van der Waals surface area contributed by atoms with Crippen LogP contribution in [-0.2, 0) is 9.53 Å². The van der Waals surface area contributed by atoms with Crippen molar-refractivity contribution in [2.45, 2.75) is 19.9 Å². The number of nitrogens with one attached hydrogen (secondary N) is 1. The molecule has 1 aliphatic rings. The second-order valence-corrected chi connectivity index (χ2v) is 6.47. The van der Waals surface area contributed by atoms with E-state index in [2.05, 4.69) is 5.32 Å². The second kappa shape index (κ2) is 7.61. The predicted octanol–water partition coefficient (Wildman–Crippen LogP) is 3.86. The molecule has 1 aliphatic heterocycles. The van der Waals surface area contributed by atoms with Crippen LogP contribution >= 0.6 is 11.3 Å². The zero-order valence-electron chi connectivity index (χ0n) is 14.8. The molecule has 0 spiro atoms. The van der Waals surface area contributed by atoms with Gasteiger partial charge in [-0.25, -0.2) is 9.59 Å². The number of carbonyl (C=O) groups is 2. The zero-order valence-corrected chi connectivity index (χ0v) is 15.6. The summed E-state index contributed by atoms with van der Waals surface area (Å²) in [6, 6.07) is 8.16. The first kappa shape index (κ1) is 18.0. The summed E-state index contributed by atoms with van der Waals surface area (Å²) in [5, 5.41) is 6.75. The Labute approximate surface area is 156 Å². The lowest BCUT2D eigenvalue weighted by Crippen LogP contribution is -2.48. The first-order valence-corrected chi connectivity index (χ1v) is 9.15. The molecular weight excluding hydrogens is 352 g/mol. The SMILES string of the molecule is CCOC(=O)C1=C(C)N(c2ccc(OC)cc2)C(=O)NC1c1ccsc1. The Morgan fingerprint density at radius 1 is 1.27 bits per heavy atom. The summed E-state index contributed by atoms with van der Waals surface area (Å²) in [5.41, 5.74) is 2.49. The van der Waals surface area contributed by atoms with Gasteiger partial charge in [0.1, 0.15) is 5.75 Å². The third kappa shape index (κ3) is 3.30. The molecule has 26 heavy (non-hydrogen) atoms. The highest BCUT2D eigenvalue weighted by atomic mass is 32.1. The number of urea groups is 1. The highest BCUT2D eigenvalue weighted by Crippen LogP contribution is 2.35. The molecule has 2 amide bonds. The highest BCUT2D eigenvalue weighted by Gasteiger charge is 2.37. The van der Waals surface area contributed by atoms with E-state index in [1.165, 1.54) is 16.2 Å². The largest absolute Gasteiger partial charge is 0.497 e. The van der Waals surface area contributed by atoms with Crippen molar-refractivity contribution in [2.75, 3.05) is 18.6 Å². The number of hydrogen-bond donors (Lipinski definition) is 1.